The lowest BCUT2D eigenvalue weighted by molar-refractivity contribution is -0.109. The van der Waals surface area contributed by atoms with Crippen LogP contribution in [-0.2, 0) is 11.4 Å². The second-order valence-electron chi connectivity index (χ2n) is 6.08. The first-order valence-corrected chi connectivity index (χ1v) is 9.22. The Hall–Kier alpha value is -3.09. The number of amides is 1. The molecule has 0 atom stereocenters. The Labute approximate surface area is 174 Å². The summed E-state index contributed by atoms with van der Waals surface area (Å²) in [5, 5.41) is 3.81. The Bertz CT molecular complexity index is 949. The molecule has 0 saturated heterocycles. The van der Waals surface area contributed by atoms with Crippen molar-refractivity contribution < 1.29 is 13.9 Å². The zero-order valence-corrected chi connectivity index (χ0v) is 17.0. The highest BCUT2D eigenvalue weighted by molar-refractivity contribution is 6.30. The molecule has 0 radical (unpaired) electrons. The van der Waals surface area contributed by atoms with E-state index >= 15 is 0 Å². The van der Waals surface area contributed by atoms with Crippen LogP contribution in [0.25, 0.3) is 11.1 Å². The summed E-state index contributed by atoms with van der Waals surface area (Å²) in [5.41, 5.74) is 6.68. The molecule has 0 aromatic heterocycles. The van der Waals surface area contributed by atoms with Crippen molar-refractivity contribution in [1.29, 1.82) is 0 Å². The van der Waals surface area contributed by atoms with Crippen molar-refractivity contribution in [3.05, 3.63) is 82.6 Å². The van der Waals surface area contributed by atoms with Crippen molar-refractivity contribution in [3.63, 3.8) is 0 Å². The summed E-state index contributed by atoms with van der Waals surface area (Å²) in [6, 6.07) is 18.3. The van der Waals surface area contributed by atoms with E-state index in [0.29, 0.717) is 18.0 Å². The van der Waals surface area contributed by atoms with Crippen molar-refractivity contribution >= 4 is 23.7 Å². The summed E-state index contributed by atoms with van der Waals surface area (Å²) in [6.07, 6.45) is 0.403. The summed E-state index contributed by atoms with van der Waals surface area (Å²) in [6.45, 7) is 2.31. The SMILES string of the molecule is CNc1cccc(C)c1COc1cc(-c2ccc(Cl)cc2)ccc1F.NNC=O. The van der Waals surface area contributed by atoms with Crippen LogP contribution in [0.3, 0.4) is 0 Å². The first-order chi connectivity index (χ1) is 14.0. The van der Waals surface area contributed by atoms with Gasteiger partial charge in [-0.15, -0.1) is 0 Å². The lowest BCUT2D eigenvalue weighted by Crippen LogP contribution is -2.18. The highest BCUT2D eigenvalue weighted by atomic mass is 35.5. The zero-order chi connectivity index (χ0) is 21.2. The van der Waals surface area contributed by atoms with Gasteiger partial charge in [-0.25, -0.2) is 10.2 Å². The molecule has 3 rings (SSSR count). The predicted molar refractivity (Wildman–Crippen MR) is 115 cm³/mol. The van der Waals surface area contributed by atoms with Crippen molar-refractivity contribution in [2.75, 3.05) is 12.4 Å². The topological polar surface area (TPSA) is 76.4 Å². The van der Waals surface area contributed by atoms with Crippen LogP contribution >= 0.6 is 11.6 Å². The van der Waals surface area contributed by atoms with E-state index in [1.165, 1.54) is 6.07 Å². The molecule has 7 heteroatoms. The Kier molecular flexibility index (Phi) is 8.45. The molecular formula is C22H23ClFN3O2. The smallest absolute Gasteiger partial charge is 0.221 e. The first-order valence-electron chi connectivity index (χ1n) is 8.84. The molecule has 3 aromatic carbocycles. The number of anilines is 1. The van der Waals surface area contributed by atoms with E-state index in [1.807, 2.05) is 56.4 Å². The molecule has 29 heavy (non-hydrogen) atoms. The van der Waals surface area contributed by atoms with Crippen molar-refractivity contribution in [1.82, 2.24) is 5.43 Å². The Morgan fingerprint density at radius 2 is 1.76 bits per heavy atom. The number of nitrogens with one attached hydrogen (secondary N) is 2. The molecule has 0 spiro atoms. The first kappa shape index (κ1) is 22.2. The van der Waals surface area contributed by atoms with Crippen LogP contribution in [0.1, 0.15) is 11.1 Å². The third-order valence-corrected chi connectivity index (χ3v) is 4.48. The second-order valence-corrected chi connectivity index (χ2v) is 6.51. The van der Waals surface area contributed by atoms with Crippen molar-refractivity contribution in [2.24, 2.45) is 5.84 Å². The molecule has 0 unspecified atom stereocenters. The number of carbonyl (C=O) groups excluding carboxylic acids is 1. The number of nitrogens with two attached hydrogens (primary N) is 1. The van der Waals surface area contributed by atoms with Gasteiger partial charge in [0.2, 0.25) is 6.41 Å². The summed E-state index contributed by atoms with van der Waals surface area (Å²) >= 11 is 5.93. The highest BCUT2D eigenvalue weighted by Gasteiger charge is 2.10. The number of hydrogen-bond acceptors (Lipinski definition) is 4. The quantitative estimate of drug-likeness (QED) is 0.236. The number of ether oxygens (including phenoxy) is 1. The summed E-state index contributed by atoms with van der Waals surface area (Å²) < 4.78 is 20.0. The number of halogens is 2. The number of benzene rings is 3. The largest absolute Gasteiger partial charge is 0.486 e. The third-order valence-electron chi connectivity index (χ3n) is 4.23. The van der Waals surface area contributed by atoms with Gasteiger partial charge in [0, 0.05) is 23.3 Å². The molecule has 4 N–H and O–H groups in total. The van der Waals surface area contributed by atoms with E-state index < -0.39 is 0 Å². The molecule has 5 nitrogen and oxygen atoms in total. The van der Waals surface area contributed by atoms with Crippen LogP contribution in [0.5, 0.6) is 5.75 Å². The van der Waals surface area contributed by atoms with Crippen molar-refractivity contribution in [3.8, 4) is 16.9 Å². The van der Waals surface area contributed by atoms with Crippen LogP contribution in [0, 0.1) is 12.7 Å². The van der Waals surface area contributed by atoms with E-state index in [-0.39, 0.29) is 11.6 Å². The van der Waals surface area contributed by atoms with Crippen LogP contribution < -0.4 is 21.3 Å². The Morgan fingerprint density at radius 3 is 2.38 bits per heavy atom. The molecule has 0 heterocycles. The maximum atomic E-state index is 14.2. The molecule has 3 aromatic rings. The van der Waals surface area contributed by atoms with Gasteiger partial charge in [0.05, 0.1) is 0 Å². The number of carbonyl (C=O) groups is 1. The van der Waals surface area contributed by atoms with E-state index in [4.69, 9.17) is 21.1 Å². The molecule has 0 aliphatic rings. The maximum absolute atomic E-state index is 14.2. The number of aryl methyl sites for hydroxylation is 1. The summed E-state index contributed by atoms with van der Waals surface area (Å²) in [7, 11) is 1.86. The molecular weight excluding hydrogens is 393 g/mol. The molecule has 0 aliphatic heterocycles. The van der Waals surface area contributed by atoms with Gasteiger partial charge in [0.15, 0.2) is 11.6 Å². The lowest BCUT2D eigenvalue weighted by Gasteiger charge is -2.14. The van der Waals surface area contributed by atoms with E-state index in [0.717, 1.165) is 27.9 Å². The zero-order valence-electron chi connectivity index (χ0n) is 16.2. The van der Waals surface area contributed by atoms with Gasteiger partial charge in [-0.05, 0) is 53.9 Å². The van der Waals surface area contributed by atoms with Crippen LogP contribution in [0.15, 0.2) is 60.7 Å². The normalized spacial score (nSPS) is 9.83. The van der Waals surface area contributed by atoms with E-state index in [2.05, 4.69) is 11.2 Å². The third kappa shape index (κ3) is 6.20. The number of hydrazine groups is 1. The summed E-state index contributed by atoms with van der Waals surface area (Å²) in [4.78, 5) is 8.94. The molecule has 0 aliphatic carbocycles. The van der Waals surface area contributed by atoms with Gasteiger partial charge in [0.25, 0.3) is 0 Å². The minimum Gasteiger partial charge on any atom is -0.486 e. The lowest BCUT2D eigenvalue weighted by atomic mass is 10.1. The van der Waals surface area contributed by atoms with E-state index in [1.54, 1.807) is 17.6 Å². The van der Waals surface area contributed by atoms with Gasteiger partial charge in [-0.3, -0.25) is 10.2 Å². The molecule has 0 bridgehead atoms. The average Bonchev–Trinajstić information content (AvgIpc) is 2.74. The second kappa shape index (κ2) is 11.0. The Morgan fingerprint density at radius 1 is 1.10 bits per heavy atom. The Balaban J connectivity index is 0.000000687. The fraction of sp³-hybridized carbons (Fsp3) is 0.136. The fourth-order valence-electron chi connectivity index (χ4n) is 2.71. The monoisotopic (exact) mass is 415 g/mol. The minimum absolute atomic E-state index is 0.234. The maximum Gasteiger partial charge on any atom is 0.221 e. The van der Waals surface area contributed by atoms with Gasteiger partial charge in [-0.2, -0.15) is 0 Å². The average molecular weight is 416 g/mol. The molecule has 0 saturated carbocycles. The molecule has 1 amide bonds. The van der Waals surface area contributed by atoms with Gasteiger partial charge in [0.1, 0.15) is 6.61 Å². The van der Waals surface area contributed by atoms with Gasteiger partial charge >= 0.3 is 0 Å². The number of hydrogen-bond donors (Lipinski definition) is 3. The van der Waals surface area contributed by atoms with Crippen molar-refractivity contribution in [2.45, 2.75) is 13.5 Å². The van der Waals surface area contributed by atoms with Crippen LogP contribution in [0.4, 0.5) is 10.1 Å². The minimum atomic E-state index is -0.377. The van der Waals surface area contributed by atoms with Crippen LogP contribution in [0.2, 0.25) is 5.02 Å². The fourth-order valence-corrected chi connectivity index (χ4v) is 2.84. The standard InChI is InChI=1S/C21H19ClFNO.CH4N2O/c1-14-4-3-5-20(24-2)18(14)13-25-21-12-16(8-11-19(21)23)15-6-9-17(22)10-7-15;2-3-1-4/h3-12,24H,13H2,1-2H3;1H,2H2,(H,3,4). The highest BCUT2D eigenvalue weighted by Crippen LogP contribution is 2.29. The molecule has 0 fully saturated rings. The van der Waals surface area contributed by atoms with Gasteiger partial charge < -0.3 is 10.1 Å². The van der Waals surface area contributed by atoms with E-state index in [9.17, 15) is 4.39 Å². The van der Waals surface area contributed by atoms with Crippen LogP contribution in [-0.4, -0.2) is 13.5 Å². The number of rotatable bonds is 6. The predicted octanol–water partition coefficient (Wildman–Crippen LogP) is 4.68. The summed E-state index contributed by atoms with van der Waals surface area (Å²) in [5.74, 6) is 4.27. The van der Waals surface area contributed by atoms with Gasteiger partial charge in [-0.1, -0.05) is 41.9 Å². The molecule has 152 valence electrons.